The first-order valence-corrected chi connectivity index (χ1v) is 12.5. The highest BCUT2D eigenvalue weighted by Gasteiger charge is 2.25. The Morgan fingerprint density at radius 1 is 1.08 bits per heavy atom. The summed E-state index contributed by atoms with van der Waals surface area (Å²) in [4.78, 5) is 11.1. The SMILES string of the molecule is NN(c1ccccc1F)c1ccn2c(CC3CC3)nnc2c1Cl.O=C1C=CC1=Cc1ccc2c(c1)OCO2. The van der Waals surface area contributed by atoms with Crippen LogP contribution in [0.3, 0.4) is 0 Å². The van der Waals surface area contributed by atoms with Crippen molar-refractivity contribution >= 4 is 40.5 Å². The van der Waals surface area contributed by atoms with Gasteiger partial charge in [-0.25, -0.2) is 10.2 Å². The normalized spacial score (nSPS) is 16.4. The molecule has 2 aliphatic carbocycles. The number of allylic oxidation sites excluding steroid dienone is 3. The number of anilines is 2. The van der Waals surface area contributed by atoms with Crippen LogP contribution in [-0.4, -0.2) is 27.2 Å². The summed E-state index contributed by atoms with van der Waals surface area (Å²) in [6.07, 6.45) is 10.4. The van der Waals surface area contributed by atoms with E-state index in [1.165, 1.54) is 23.9 Å². The van der Waals surface area contributed by atoms with Gasteiger partial charge in [0.15, 0.2) is 22.9 Å². The molecule has 0 radical (unpaired) electrons. The number of carbonyl (C=O) groups excluding carboxylic acids is 1. The van der Waals surface area contributed by atoms with Gasteiger partial charge in [0, 0.05) is 18.2 Å². The lowest BCUT2D eigenvalue weighted by Gasteiger charge is -2.20. The largest absolute Gasteiger partial charge is 0.454 e. The molecule has 3 heterocycles. The molecule has 0 saturated heterocycles. The maximum absolute atomic E-state index is 13.9. The fourth-order valence-corrected chi connectivity index (χ4v) is 4.48. The van der Waals surface area contributed by atoms with Gasteiger partial charge < -0.3 is 9.47 Å². The minimum atomic E-state index is -0.415. The van der Waals surface area contributed by atoms with Crippen LogP contribution in [0.15, 0.2) is 72.5 Å². The first-order chi connectivity index (χ1) is 18.5. The van der Waals surface area contributed by atoms with E-state index < -0.39 is 5.82 Å². The Morgan fingerprint density at radius 2 is 1.89 bits per heavy atom. The molecule has 0 spiro atoms. The number of aromatic nitrogens is 3. The molecule has 38 heavy (non-hydrogen) atoms. The number of halogens is 2. The van der Waals surface area contributed by atoms with Crippen LogP contribution < -0.4 is 20.3 Å². The molecule has 7 rings (SSSR count). The van der Waals surface area contributed by atoms with Crippen LogP contribution in [0.25, 0.3) is 11.7 Å². The number of carbonyl (C=O) groups is 1. The van der Waals surface area contributed by atoms with E-state index in [9.17, 15) is 9.18 Å². The number of hydrogen-bond donors (Lipinski definition) is 1. The number of hydrazine groups is 1. The Kier molecular flexibility index (Phi) is 6.30. The lowest BCUT2D eigenvalue weighted by Crippen LogP contribution is -2.26. The van der Waals surface area contributed by atoms with Gasteiger partial charge in [-0.3, -0.25) is 14.2 Å². The average Bonchev–Trinajstić information content (AvgIpc) is 3.45. The van der Waals surface area contributed by atoms with E-state index in [0.29, 0.717) is 22.3 Å². The zero-order valence-corrected chi connectivity index (χ0v) is 20.9. The van der Waals surface area contributed by atoms with Crippen LogP contribution in [-0.2, 0) is 11.2 Å². The quantitative estimate of drug-likeness (QED) is 0.208. The molecule has 0 unspecified atom stereocenters. The third kappa shape index (κ3) is 4.73. The van der Waals surface area contributed by atoms with Gasteiger partial charge in [-0.05, 0) is 72.9 Å². The van der Waals surface area contributed by atoms with Gasteiger partial charge in [-0.2, -0.15) is 0 Å². The molecule has 2 aromatic heterocycles. The van der Waals surface area contributed by atoms with Crippen molar-refractivity contribution in [2.75, 3.05) is 11.8 Å². The highest BCUT2D eigenvalue weighted by Crippen LogP contribution is 2.36. The number of ketones is 1. The van der Waals surface area contributed by atoms with E-state index in [0.717, 1.165) is 34.9 Å². The Balaban J connectivity index is 0.000000152. The zero-order valence-electron chi connectivity index (χ0n) is 20.2. The molecule has 0 bridgehead atoms. The minimum absolute atomic E-state index is 0.0765. The number of para-hydroxylation sites is 1. The van der Waals surface area contributed by atoms with E-state index >= 15 is 0 Å². The van der Waals surface area contributed by atoms with Gasteiger partial charge in [-0.15, -0.1) is 10.2 Å². The van der Waals surface area contributed by atoms with Crippen molar-refractivity contribution in [1.82, 2.24) is 14.6 Å². The summed E-state index contributed by atoms with van der Waals surface area (Å²) in [6.45, 7) is 0.272. The summed E-state index contributed by atoms with van der Waals surface area (Å²) >= 11 is 6.44. The smallest absolute Gasteiger partial charge is 0.231 e. The molecule has 0 atom stereocenters. The van der Waals surface area contributed by atoms with Crippen LogP contribution >= 0.6 is 11.6 Å². The van der Waals surface area contributed by atoms with Crippen molar-refractivity contribution in [2.45, 2.75) is 19.3 Å². The maximum Gasteiger partial charge on any atom is 0.231 e. The van der Waals surface area contributed by atoms with Gasteiger partial charge in [0.25, 0.3) is 0 Å². The van der Waals surface area contributed by atoms with Crippen LogP contribution in [0.2, 0.25) is 5.02 Å². The Bertz CT molecular complexity index is 1610. The van der Waals surface area contributed by atoms with E-state index in [-0.39, 0.29) is 18.3 Å². The summed E-state index contributed by atoms with van der Waals surface area (Å²) in [7, 11) is 0. The van der Waals surface area contributed by atoms with Gasteiger partial charge in [0.2, 0.25) is 6.79 Å². The van der Waals surface area contributed by atoms with Gasteiger partial charge in [0.1, 0.15) is 16.7 Å². The predicted octanol–water partition coefficient (Wildman–Crippen LogP) is 5.42. The third-order valence-electron chi connectivity index (χ3n) is 6.53. The van der Waals surface area contributed by atoms with Crippen molar-refractivity contribution in [3.05, 3.63) is 94.7 Å². The number of ether oxygens (including phenoxy) is 2. The molecule has 10 heteroatoms. The standard InChI is InChI=1S/C16H15ClFN5.C12H8O3/c17-15-13(23(19)12-4-2-1-3-11(12)18)7-8-22-14(9-10-5-6-10)20-21-16(15)22;13-10-3-2-9(10)5-8-1-4-11-12(6-8)15-7-14-11/h1-4,7-8,10H,5-6,9,19H2;1-6H,7H2. The monoisotopic (exact) mass is 531 g/mol. The zero-order chi connectivity index (χ0) is 26.2. The number of hydrogen-bond acceptors (Lipinski definition) is 7. The lowest BCUT2D eigenvalue weighted by atomic mass is 9.98. The molecule has 2 N–H and O–H groups in total. The number of nitrogens with two attached hydrogens (primary N) is 1. The van der Waals surface area contributed by atoms with Gasteiger partial charge >= 0.3 is 0 Å². The summed E-state index contributed by atoms with van der Waals surface area (Å²) in [5.74, 6) is 8.81. The molecule has 1 saturated carbocycles. The average molecular weight is 532 g/mol. The number of nitrogens with zero attached hydrogens (tertiary/aromatic N) is 4. The van der Waals surface area contributed by atoms with E-state index in [4.69, 9.17) is 26.9 Å². The molecule has 192 valence electrons. The Labute approximate surface area is 222 Å². The van der Waals surface area contributed by atoms with Gasteiger partial charge in [-0.1, -0.05) is 29.8 Å². The second-order valence-electron chi connectivity index (χ2n) is 9.20. The second kappa shape index (κ2) is 9.92. The van der Waals surface area contributed by atoms with Crippen LogP contribution in [0, 0.1) is 11.7 Å². The van der Waals surface area contributed by atoms with Crippen molar-refractivity contribution in [2.24, 2.45) is 11.8 Å². The number of rotatable bonds is 5. The van der Waals surface area contributed by atoms with Crippen molar-refractivity contribution in [1.29, 1.82) is 0 Å². The van der Waals surface area contributed by atoms with E-state index in [2.05, 4.69) is 10.2 Å². The molecule has 4 aromatic rings. The molecule has 2 aromatic carbocycles. The summed E-state index contributed by atoms with van der Waals surface area (Å²) in [5, 5.41) is 9.97. The molecule has 0 amide bonds. The van der Waals surface area contributed by atoms with Crippen LogP contribution in [0.4, 0.5) is 15.8 Å². The molecular formula is C28H23ClFN5O3. The molecule has 8 nitrogen and oxygen atoms in total. The van der Waals surface area contributed by atoms with E-state index in [1.807, 2.05) is 34.9 Å². The molecule has 1 aliphatic heterocycles. The number of fused-ring (bicyclic) bond motifs is 2. The van der Waals surface area contributed by atoms with Crippen LogP contribution in [0.5, 0.6) is 11.5 Å². The topological polar surface area (TPSA) is 95.0 Å². The van der Waals surface area contributed by atoms with Crippen molar-refractivity contribution in [3.63, 3.8) is 0 Å². The van der Waals surface area contributed by atoms with Crippen molar-refractivity contribution in [3.8, 4) is 11.5 Å². The summed E-state index contributed by atoms with van der Waals surface area (Å²) < 4.78 is 26.2. The predicted molar refractivity (Wildman–Crippen MR) is 142 cm³/mol. The maximum atomic E-state index is 13.9. The number of benzene rings is 2. The first-order valence-electron chi connectivity index (χ1n) is 12.1. The lowest BCUT2D eigenvalue weighted by molar-refractivity contribution is -0.111. The fraction of sp³-hybridized carbons (Fsp3) is 0.179. The molecule has 3 aliphatic rings. The van der Waals surface area contributed by atoms with Crippen LogP contribution in [0.1, 0.15) is 24.2 Å². The highest BCUT2D eigenvalue weighted by molar-refractivity contribution is 6.36. The Hall–Kier alpha value is -4.21. The Morgan fingerprint density at radius 3 is 2.63 bits per heavy atom. The number of pyridine rings is 1. The summed E-state index contributed by atoms with van der Waals surface area (Å²) in [5.41, 5.74) is 2.94. The highest BCUT2D eigenvalue weighted by atomic mass is 35.5. The minimum Gasteiger partial charge on any atom is -0.454 e. The van der Waals surface area contributed by atoms with Gasteiger partial charge in [0.05, 0.1) is 11.4 Å². The first kappa shape index (κ1) is 24.1. The summed E-state index contributed by atoms with van der Waals surface area (Å²) in [6, 6.07) is 13.7. The third-order valence-corrected chi connectivity index (χ3v) is 6.89. The van der Waals surface area contributed by atoms with Crippen molar-refractivity contribution < 1.29 is 18.7 Å². The molecular weight excluding hydrogens is 509 g/mol. The van der Waals surface area contributed by atoms with E-state index in [1.54, 1.807) is 36.4 Å². The molecule has 1 fully saturated rings. The fourth-order valence-electron chi connectivity index (χ4n) is 4.19. The second-order valence-corrected chi connectivity index (χ2v) is 9.58.